The maximum Gasteiger partial charge on any atom is 0.343 e. The number of carbonyl (C=O) groups is 3. The molecule has 8 heteroatoms. The number of halogens is 1. The van der Waals surface area contributed by atoms with E-state index in [4.69, 9.17) is 16.3 Å². The second kappa shape index (κ2) is 9.99. The topological polar surface area (TPSA) is 96.9 Å². The molecule has 30 heavy (non-hydrogen) atoms. The quantitative estimate of drug-likeness (QED) is 0.216. The Morgan fingerprint density at radius 1 is 0.867 bits per heavy atom. The highest BCUT2D eigenvalue weighted by Gasteiger charge is 2.13. The lowest BCUT2D eigenvalue weighted by atomic mass is 10.2. The number of anilines is 1. The monoisotopic (exact) mass is 421 g/mol. The maximum atomic E-state index is 12.1. The SMILES string of the molecule is O=C(NN=Cc1cccc(OC(=O)c2ccccc2)c1)C(=O)Nc1cccc(Cl)c1. The van der Waals surface area contributed by atoms with E-state index in [1.165, 1.54) is 12.3 Å². The van der Waals surface area contributed by atoms with E-state index in [0.29, 0.717) is 27.6 Å². The number of hydrogen-bond donors (Lipinski definition) is 2. The highest BCUT2D eigenvalue weighted by molar-refractivity contribution is 6.39. The Morgan fingerprint density at radius 3 is 2.40 bits per heavy atom. The number of amides is 2. The van der Waals surface area contributed by atoms with Gasteiger partial charge in [-0.05, 0) is 48.0 Å². The van der Waals surface area contributed by atoms with E-state index in [-0.39, 0.29) is 0 Å². The molecule has 0 aliphatic rings. The Bertz CT molecular complexity index is 1100. The molecule has 150 valence electrons. The number of carbonyl (C=O) groups excluding carboxylic acids is 3. The number of nitrogens with one attached hydrogen (secondary N) is 2. The van der Waals surface area contributed by atoms with Gasteiger partial charge in [0.2, 0.25) is 0 Å². The smallest absolute Gasteiger partial charge is 0.343 e. The summed E-state index contributed by atoms with van der Waals surface area (Å²) in [4.78, 5) is 35.8. The Balaban J connectivity index is 1.55. The van der Waals surface area contributed by atoms with Crippen LogP contribution < -0.4 is 15.5 Å². The molecule has 7 nitrogen and oxygen atoms in total. The summed E-state index contributed by atoms with van der Waals surface area (Å²) < 4.78 is 5.32. The first-order valence-electron chi connectivity index (χ1n) is 8.78. The normalized spacial score (nSPS) is 10.4. The zero-order chi connectivity index (χ0) is 21.3. The number of rotatable bonds is 5. The van der Waals surface area contributed by atoms with Gasteiger partial charge in [-0.15, -0.1) is 0 Å². The lowest BCUT2D eigenvalue weighted by Gasteiger charge is -2.05. The van der Waals surface area contributed by atoms with Crippen LogP contribution in [0.2, 0.25) is 5.02 Å². The van der Waals surface area contributed by atoms with Gasteiger partial charge in [-0.25, -0.2) is 10.2 Å². The minimum atomic E-state index is -0.946. The molecule has 0 radical (unpaired) electrons. The van der Waals surface area contributed by atoms with Crippen LogP contribution in [0.1, 0.15) is 15.9 Å². The van der Waals surface area contributed by atoms with Crippen molar-refractivity contribution in [2.45, 2.75) is 0 Å². The van der Waals surface area contributed by atoms with E-state index in [2.05, 4.69) is 15.8 Å². The molecule has 2 amide bonds. The fraction of sp³-hybridized carbons (Fsp3) is 0. The Hall–Kier alpha value is -3.97. The van der Waals surface area contributed by atoms with Gasteiger partial charge in [-0.2, -0.15) is 5.10 Å². The third kappa shape index (κ3) is 6.02. The van der Waals surface area contributed by atoms with Gasteiger partial charge in [0.15, 0.2) is 0 Å². The van der Waals surface area contributed by atoms with Crippen molar-refractivity contribution >= 4 is 41.3 Å². The van der Waals surface area contributed by atoms with Gasteiger partial charge in [0.1, 0.15) is 5.75 Å². The minimum absolute atomic E-state index is 0.317. The third-order valence-electron chi connectivity index (χ3n) is 3.75. The summed E-state index contributed by atoms with van der Waals surface area (Å²) in [5.74, 6) is -2.01. The van der Waals surface area contributed by atoms with Gasteiger partial charge in [-0.3, -0.25) is 9.59 Å². The van der Waals surface area contributed by atoms with Crippen LogP contribution in [-0.4, -0.2) is 24.0 Å². The molecule has 0 aliphatic carbocycles. The molecule has 2 N–H and O–H groups in total. The number of esters is 1. The van der Waals surface area contributed by atoms with Crippen molar-refractivity contribution in [3.63, 3.8) is 0 Å². The molecule has 0 aliphatic heterocycles. The van der Waals surface area contributed by atoms with E-state index < -0.39 is 17.8 Å². The highest BCUT2D eigenvalue weighted by atomic mass is 35.5. The predicted molar refractivity (Wildman–Crippen MR) is 114 cm³/mol. The largest absolute Gasteiger partial charge is 0.423 e. The van der Waals surface area contributed by atoms with Crippen molar-refractivity contribution < 1.29 is 19.1 Å². The van der Waals surface area contributed by atoms with Gasteiger partial charge in [0.25, 0.3) is 0 Å². The number of nitrogens with zero attached hydrogens (tertiary/aromatic N) is 1. The van der Waals surface area contributed by atoms with Crippen LogP contribution in [0.5, 0.6) is 5.75 Å². The molecule has 0 unspecified atom stereocenters. The third-order valence-corrected chi connectivity index (χ3v) is 3.98. The minimum Gasteiger partial charge on any atom is -0.423 e. The molecular formula is C22H16ClN3O4. The van der Waals surface area contributed by atoms with Crippen molar-refractivity contribution in [3.05, 3.63) is 95.0 Å². The zero-order valence-corrected chi connectivity index (χ0v) is 16.3. The molecule has 3 rings (SSSR count). The van der Waals surface area contributed by atoms with Crippen molar-refractivity contribution in [2.24, 2.45) is 5.10 Å². The van der Waals surface area contributed by atoms with Crippen LogP contribution in [0.25, 0.3) is 0 Å². The van der Waals surface area contributed by atoms with Crippen molar-refractivity contribution in [3.8, 4) is 5.75 Å². The van der Waals surface area contributed by atoms with Crippen LogP contribution in [0, 0.1) is 0 Å². The molecule has 0 aromatic heterocycles. The second-order valence-electron chi connectivity index (χ2n) is 5.99. The predicted octanol–water partition coefficient (Wildman–Crippen LogP) is 3.65. The van der Waals surface area contributed by atoms with Crippen LogP contribution in [0.4, 0.5) is 5.69 Å². The first-order valence-corrected chi connectivity index (χ1v) is 9.16. The van der Waals surface area contributed by atoms with E-state index in [1.807, 2.05) is 0 Å². The lowest BCUT2D eigenvalue weighted by Crippen LogP contribution is -2.32. The molecule has 0 spiro atoms. The van der Waals surface area contributed by atoms with Crippen LogP contribution in [0.15, 0.2) is 84.0 Å². The van der Waals surface area contributed by atoms with Crippen molar-refractivity contribution in [1.29, 1.82) is 0 Å². The molecule has 3 aromatic rings. The summed E-state index contributed by atoms with van der Waals surface area (Å²) in [6.07, 6.45) is 1.32. The fourth-order valence-electron chi connectivity index (χ4n) is 2.37. The number of benzene rings is 3. The summed E-state index contributed by atoms with van der Waals surface area (Å²) in [7, 11) is 0. The van der Waals surface area contributed by atoms with Gasteiger partial charge in [0, 0.05) is 10.7 Å². The van der Waals surface area contributed by atoms with Crippen LogP contribution in [-0.2, 0) is 9.59 Å². The number of hydrogen-bond acceptors (Lipinski definition) is 5. The highest BCUT2D eigenvalue weighted by Crippen LogP contribution is 2.15. The molecule has 0 fully saturated rings. The lowest BCUT2D eigenvalue weighted by molar-refractivity contribution is -0.136. The average Bonchev–Trinajstić information content (AvgIpc) is 2.74. The van der Waals surface area contributed by atoms with E-state index in [1.54, 1.807) is 72.8 Å². The molecular weight excluding hydrogens is 406 g/mol. The zero-order valence-electron chi connectivity index (χ0n) is 15.5. The van der Waals surface area contributed by atoms with Crippen LogP contribution >= 0.6 is 11.6 Å². The van der Waals surface area contributed by atoms with Gasteiger partial charge in [0.05, 0.1) is 11.8 Å². The Kier molecular flexibility index (Phi) is 6.91. The van der Waals surface area contributed by atoms with Gasteiger partial charge >= 0.3 is 17.8 Å². The fourth-order valence-corrected chi connectivity index (χ4v) is 2.56. The van der Waals surface area contributed by atoms with E-state index in [0.717, 1.165) is 0 Å². The first kappa shape index (κ1) is 20.8. The molecule has 0 atom stereocenters. The average molecular weight is 422 g/mol. The number of ether oxygens (including phenoxy) is 1. The summed E-state index contributed by atoms with van der Waals surface area (Å²) in [5, 5.41) is 6.59. The standard InChI is InChI=1S/C22H16ClN3O4/c23-17-9-5-10-18(13-17)25-20(27)21(28)26-24-14-15-6-4-11-19(12-15)30-22(29)16-7-2-1-3-8-16/h1-14H,(H,25,27)(H,26,28). The second-order valence-corrected chi connectivity index (χ2v) is 6.43. The van der Waals surface area contributed by atoms with E-state index >= 15 is 0 Å². The summed E-state index contributed by atoms with van der Waals surface area (Å²) >= 11 is 5.83. The van der Waals surface area contributed by atoms with Crippen molar-refractivity contribution in [2.75, 3.05) is 5.32 Å². The van der Waals surface area contributed by atoms with E-state index in [9.17, 15) is 14.4 Å². The maximum absolute atomic E-state index is 12.1. The summed E-state index contributed by atoms with van der Waals surface area (Å²) in [5.41, 5.74) is 3.50. The van der Waals surface area contributed by atoms with Crippen LogP contribution in [0.3, 0.4) is 0 Å². The van der Waals surface area contributed by atoms with Crippen molar-refractivity contribution in [1.82, 2.24) is 5.43 Å². The molecule has 0 saturated carbocycles. The Labute approximate surface area is 177 Å². The summed E-state index contributed by atoms with van der Waals surface area (Å²) in [6, 6.07) is 21.5. The summed E-state index contributed by atoms with van der Waals surface area (Å²) in [6.45, 7) is 0. The molecule has 3 aromatic carbocycles. The first-order chi connectivity index (χ1) is 14.5. The van der Waals surface area contributed by atoms with Gasteiger partial charge in [-0.1, -0.05) is 48.0 Å². The molecule has 0 saturated heterocycles. The molecule has 0 bridgehead atoms. The molecule has 0 heterocycles. The number of hydrazone groups is 1. The van der Waals surface area contributed by atoms with Gasteiger partial charge < -0.3 is 10.1 Å². The Morgan fingerprint density at radius 2 is 1.63 bits per heavy atom.